The van der Waals surface area contributed by atoms with Gasteiger partial charge in [-0.3, -0.25) is 4.79 Å². The van der Waals surface area contributed by atoms with E-state index in [1.807, 2.05) is 37.2 Å². The van der Waals surface area contributed by atoms with Crippen LogP contribution in [0.1, 0.15) is 0 Å². The lowest BCUT2D eigenvalue weighted by molar-refractivity contribution is 0.630. The number of anilines is 1. The van der Waals surface area contributed by atoms with Crippen molar-refractivity contribution in [1.29, 1.82) is 0 Å². The van der Waals surface area contributed by atoms with Gasteiger partial charge in [-0.05, 0) is 36.4 Å². The quantitative estimate of drug-likeness (QED) is 0.631. The number of halogens is 1. The average molecular weight is 273 g/mol. The van der Waals surface area contributed by atoms with Crippen LogP contribution in [0, 0.1) is 5.82 Å². The van der Waals surface area contributed by atoms with Crippen molar-refractivity contribution in [1.82, 2.24) is 0 Å². The van der Waals surface area contributed by atoms with Gasteiger partial charge in [0.05, 0.1) is 0 Å². The number of rotatable bonds is 1. The van der Waals surface area contributed by atoms with Crippen LogP contribution in [-0.2, 0) is 0 Å². The third-order valence-electron chi connectivity index (χ3n) is 3.13. The summed E-state index contributed by atoms with van der Waals surface area (Å²) in [5.41, 5.74) is 0.861. The molecule has 3 aromatic rings. The molecule has 0 aliphatic heterocycles. The molecule has 3 rings (SSSR count). The van der Waals surface area contributed by atoms with Crippen molar-refractivity contribution in [3.63, 3.8) is 0 Å². The molecule has 0 saturated carbocycles. The van der Waals surface area contributed by atoms with Crippen molar-refractivity contribution < 1.29 is 4.39 Å². The molecule has 1 aromatic heterocycles. The third-order valence-corrected chi connectivity index (χ3v) is 4.28. The second kappa shape index (κ2) is 4.31. The Morgan fingerprint density at radius 1 is 1.00 bits per heavy atom. The van der Waals surface area contributed by atoms with Gasteiger partial charge in [-0.2, -0.15) is 0 Å². The molecule has 0 amide bonds. The lowest BCUT2D eigenvalue weighted by Gasteiger charge is -2.12. The highest BCUT2D eigenvalue weighted by molar-refractivity contribution is 7.24. The minimum Gasteiger partial charge on any atom is -0.378 e. The van der Waals surface area contributed by atoms with Crippen LogP contribution in [0.4, 0.5) is 10.1 Å². The maximum atomic E-state index is 13.3. The topological polar surface area (TPSA) is 20.3 Å². The minimum atomic E-state index is -0.375. The third kappa shape index (κ3) is 1.98. The first-order valence-electron chi connectivity index (χ1n) is 5.90. The van der Waals surface area contributed by atoms with Gasteiger partial charge in [-0.25, -0.2) is 4.39 Å². The Balaban J connectivity index is 2.45. The summed E-state index contributed by atoms with van der Waals surface area (Å²) in [5.74, 6) is -0.375. The highest BCUT2D eigenvalue weighted by atomic mass is 32.1. The summed E-state index contributed by atoms with van der Waals surface area (Å²) in [5, 5.41) is 1.10. The Bertz CT molecular complexity index is 839. The second-order valence-corrected chi connectivity index (χ2v) is 5.73. The lowest BCUT2D eigenvalue weighted by atomic mass is 10.1. The molecule has 0 unspecified atom stereocenters. The molecule has 0 bridgehead atoms. The van der Waals surface area contributed by atoms with Gasteiger partial charge < -0.3 is 4.90 Å². The zero-order valence-electron chi connectivity index (χ0n) is 10.6. The number of hydrogen-bond acceptors (Lipinski definition) is 3. The number of fused-ring (bicyclic) bond motifs is 2. The molecule has 0 aliphatic rings. The van der Waals surface area contributed by atoms with Crippen LogP contribution >= 0.6 is 11.3 Å². The van der Waals surface area contributed by atoms with E-state index in [9.17, 15) is 9.18 Å². The Morgan fingerprint density at radius 3 is 2.32 bits per heavy atom. The molecular formula is C15H12FNOS. The van der Waals surface area contributed by atoms with E-state index < -0.39 is 0 Å². The molecule has 0 radical (unpaired) electrons. The fourth-order valence-corrected chi connectivity index (χ4v) is 3.13. The van der Waals surface area contributed by atoms with Crippen LogP contribution < -0.4 is 10.3 Å². The molecule has 0 spiro atoms. The lowest BCUT2D eigenvalue weighted by Crippen LogP contribution is -2.09. The van der Waals surface area contributed by atoms with Crippen molar-refractivity contribution in [3.05, 3.63) is 52.4 Å². The molecule has 0 aliphatic carbocycles. The predicted molar refractivity (Wildman–Crippen MR) is 79.9 cm³/mol. The van der Waals surface area contributed by atoms with Crippen molar-refractivity contribution in [2.45, 2.75) is 0 Å². The summed E-state index contributed by atoms with van der Waals surface area (Å²) >= 11 is 1.51. The number of hydrogen-bond donors (Lipinski definition) is 0. The highest BCUT2D eigenvalue weighted by Crippen LogP contribution is 2.27. The molecule has 0 atom stereocenters. The first-order chi connectivity index (χ1) is 9.06. The molecule has 96 valence electrons. The van der Waals surface area contributed by atoms with Crippen molar-refractivity contribution in [2.75, 3.05) is 19.0 Å². The van der Waals surface area contributed by atoms with Gasteiger partial charge in [0.1, 0.15) is 5.82 Å². The van der Waals surface area contributed by atoms with Crippen LogP contribution in [0.3, 0.4) is 0 Å². The normalized spacial score (nSPS) is 11.1. The fourth-order valence-electron chi connectivity index (χ4n) is 2.09. The molecule has 1 heterocycles. The number of nitrogens with zero attached hydrogens (tertiary/aromatic N) is 1. The average Bonchev–Trinajstić information content (AvgIpc) is 2.39. The first-order valence-corrected chi connectivity index (χ1v) is 6.71. The van der Waals surface area contributed by atoms with Gasteiger partial charge in [0, 0.05) is 40.0 Å². The van der Waals surface area contributed by atoms with Gasteiger partial charge in [-0.15, -0.1) is 11.3 Å². The van der Waals surface area contributed by atoms with Crippen molar-refractivity contribution in [3.8, 4) is 0 Å². The van der Waals surface area contributed by atoms with Crippen molar-refractivity contribution >= 4 is 37.2 Å². The van der Waals surface area contributed by atoms with E-state index in [2.05, 4.69) is 0 Å². The Kier molecular flexibility index (Phi) is 2.75. The molecule has 19 heavy (non-hydrogen) atoms. The summed E-state index contributed by atoms with van der Waals surface area (Å²) < 4.78 is 15.0. The standard InChI is InChI=1S/C15H12FNOS/c1-17(2)10-4-6-14-12(8-10)15(18)11-7-9(16)3-5-13(11)19-14/h3-8H,1-2H3. The van der Waals surface area contributed by atoms with Crippen LogP contribution in [0.15, 0.2) is 41.2 Å². The van der Waals surface area contributed by atoms with Crippen LogP contribution in [0.25, 0.3) is 20.2 Å². The van der Waals surface area contributed by atoms with E-state index in [0.29, 0.717) is 10.8 Å². The smallest absolute Gasteiger partial charge is 0.196 e. The Morgan fingerprint density at radius 2 is 1.63 bits per heavy atom. The predicted octanol–water partition coefficient (Wildman–Crippen LogP) is 3.62. The molecule has 0 saturated heterocycles. The van der Waals surface area contributed by atoms with E-state index in [1.165, 1.54) is 23.5 Å². The molecule has 2 aromatic carbocycles. The zero-order chi connectivity index (χ0) is 13.6. The summed E-state index contributed by atoms with van der Waals surface area (Å²) in [6.07, 6.45) is 0. The Labute approximate surface area is 113 Å². The van der Waals surface area contributed by atoms with Crippen LogP contribution in [0.2, 0.25) is 0 Å². The minimum absolute atomic E-state index is 0.105. The summed E-state index contributed by atoms with van der Waals surface area (Å²) in [6.45, 7) is 0. The van der Waals surface area contributed by atoms with Gasteiger partial charge in [0.25, 0.3) is 0 Å². The molecule has 4 heteroatoms. The van der Waals surface area contributed by atoms with Gasteiger partial charge in [-0.1, -0.05) is 0 Å². The van der Waals surface area contributed by atoms with Crippen molar-refractivity contribution in [2.24, 2.45) is 0 Å². The van der Waals surface area contributed by atoms with E-state index in [4.69, 9.17) is 0 Å². The second-order valence-electron chi connectivity index (χ2n) is 4.65. The summed E-state index contributed by atoms with van der Waals surface area (Å²) in [7, 11) is 3.85. The SMILES string of the molecule is CN(C)c1ccc2sc3ccc(F)cc3c(=O)c2c1. The molecule has 2 nitrogen and oxygen atoms in total. The molecule has 0 N–H and O–H groups in total. The largest absolute Gasteiger partial charge is 0.378 e. The fraction of sp³-hybridized carbons (Fsp3) is 0.133. The van der Waals surface area contributed by atoms with E-state index >= 15 is 0 Å². The summed E-state index contributed by atoms with van der Waals surface area (Å²) in [6, 6.07) is 10.1. The van der Waals surface area contributed by atoms with Gasteiger partial charge >= 0.3 is 0 Å². The van der Waals surface area contributed by atoms with Crippen LogP contribution in [-0.4, -0.2) is 14.1 Å². The highest BCUT2D eigenvalue weighted by Gasteiger charge is 2.08. The number of benzene rings is 2. The summed E-state index contributed by atoms with van der Waals surface area (Å²) in [4.78, 5) is 14.4. The molecule has 0 fully saturated rings. The van der Waals surface area contributed by atoms with Crippen LogP contribution in [0.5, 0.6) is 0 Å². The maximum absolute atomic E-state index is 13.3. The molecular weight excluding hydrogens is 261 g/mol. The monoisotopic (exact) mass is 273 g/mol. The van der Waals surface area contributed by atoms with E-state index in [0.717, 1.165) is 15.1 Å². The van der Waals surface area contributed by atoms with E-state index in [-0.39, 0.29) is 11.2 Å². The first kappa shape index (κ1) is 12.1. The van der Waals surface area contributed by atoms with Gasteiger partial charge in [0.2, 0.25) is 0 Å². The zero-order valence-corrected chi connectivity index (χ0v) is 11.4. The maximum Gasteiger partial charge on any atom is 0.196 e. The van der Waals surface area contributed by atoms with Gasteiger partial charge in [0.15, 0.2) is 5.43 Å². The Hall–Kier alpha value is -1.94. The van der Waals surface area contributed by atoms with E-state index in [1.54, 1.807) is 6.07 Å².